The van der Waals surface area contributed by atoms with E-state index in [2.05, 4.69) is 36.0 Å². The molecule has 0 aromatic heterocycles. The smallest absolute Gasteiger partial charge is 0.0349 e. The highest BCUT2D eigenvalue weighted by Gasteiger charge is 2.25. The molecule has 1 heterocycles. The Hall–Kier alpha value is -1.06. The molecule has 1 fully saturated rings. The molecule has 0 spiro atoms. The lowest BCUT2D eigenvalue weighted by Crippen LogP contribution is -2.31. The number of hydrogen-bond acceptors (Lipinski definition) is 3. The fraction of sp³-hybridized carbons (Fsp3) is 0.571. The van der Waals surface area contributed by atoms with Crippen molar-refractivity contribution < 1.29 is 0 Å². The van der Waals surface area contributed by atoms with E-state index in [0.717, 1.165) is 18.8 Å². The molecule has 1 atom stereocenters. The third kappa shape index (κ3) is 3.20. The first-order valence-corrected chi connectivity index (χ1v) is 6.41. The molecule has 1 aromatic carbocycles. The summed E-state index contributed by atoms with van der Waals surface area (Å²) >= 11 is 0. The highest BCUT2D eigenvalue weighted by molar-refractivity contribution is 5.40. The summed E-state index contributed by atoms with van der Waals surface area (Å²) in [6.45, 7) is 3.51. The third-order valence-electron chi connectivity index (χ3n) is 3.52. The Kier molecular flexibility index (Phi) is 4.02. The zero-order valence-electron chi connectivity index (χ0n) is 10.9. The molecule has 1 unspecified atom stereocenters. The topological polar surface area (TPSA) is 32.5 Å². The van der Waals surface area contributed by atoms with Gasteiger partial charge in [0.15, 0.2) is 0 Å². The minimum atomic E-state index is 0.593. The predicted octanol–water partition coefficient (Wildman–Crippen LogP) is 1.97. The van der Waals surface area contributed by atoms with Crippen LogP contribution in [0.25, 0.3) is 0 Å². The van der Waals surface area contributed by atoms with Gasteiger partial charge < -0.3 is 10.6 Å². The first kappa shape index (κ1) is 12.4. The molecule has 1 aliphatic rings. The molecule has 0 saturated carbocycles. The van der Waals surface area contributed by atoms with E-state index >= 15 is 0 Å². The number of nitrogen functional groups attached to an aromatic ring is 1. The molecular formula is C14H23N3. The number of hydrogen-bond donors (Lipinski definition) is 1. The number of nitrogens with zero attached hydrogens (tertiary/aromatic N) is 2. The molecule has 0 amide bonds. The summed E-state index contributed by atoms with van der Waals surface area (Å²) < 4.78 is 0. The summed E-state index contributed by atoms with van der Waals surface area (Å²) in [6, 6.07) is 8.97. The van der Waals surface area contributed by atoms with Gasteiger partial charge in [0.25, 0.3) is 0 Å². The maximum Gasteiger partial charge on any atom is 0.0349 e. The normalized spacial score (nSPS) is 21.2. The summed E-state index contributed by atoms with van der Waals surface area (Å²) in [5.41, 5.74) is 8.00. The van der Waals surface area contributed by atoms with Crippen molar-refractivity contribution in [2.24, 2.45) is 0 Å². The van der Waals surface area contributed by atoms with Gasteiger partial charge in [-0.3, -0.25) is 4.90 Å². The van der Waals surface area contributed by atoms with Crippen LogP contribution in [0.1, 0.15) is 24.4 Å². The zero-order valence-corrected chi connectivity index (χ0v) is 10.9. The fourth-order valence-electron chi connectivity index (χ4n) is 2.52. The van der Waals surface area contributed by atoms with Crippen LogP contribution in [0.4, 0.5) is 5.69 Å². The molecule has 3 nitrogen and oxygen atoms in total. The molecular weight excluding hydrogens is 210 g/mol. The van der Waals surface area contributed by atoms with Gasteiger partial charge in [0, 0.05) is 24.8 Å². The molecule has 17 heavy (non-hydrogen) atoms. The molecule has 0 aliphatic carbocycles. The van der Waals surface area contributed by atoms with Crippen molar-refractivity contribution >= 4 is 5.69 Å². The number of likely N-dealkylation sites (tertiary alicyclic amines) is 1. The molecule has 0 radical (unpaired) electrons. The highest BCUT2D eigenvalue weighted by atomic mass is 15.2. The van der Waals surface area contributed by atoms with Gasteiger partial charge in [-0.05, 0) is 51.2 Å². The largest absolute Gasteiger partial charge is 0.399 e. The number of benzene rings is 1. The second kappa shape index (κ2) is 5.52. The monoisotopic (exact) mass is 233 g/mol. The molecule has 1 saturated heterocycles. The van der Waals surface area contributed by atoms with E-state index < -0.39 is 0 Å². The van der Waals surface area contributed by atoms with Gasteiger partial charge in [-0.2, -0.15) is 0 Å². The molecule has 2 rings (SSSR count). The van der Waals surface area contributed by atoms with E-state index in [1.165, 1.54) is 24.9 Å². The van der Waals surface area contributed by atoms with Crippen molar-refractivity contribution in [1.82, 2.24) is 9.80 Å². The van der Waals surface area contributed by atoms with Crippen LogP contribution in [0.15, 0.2) is 24.3 Å². The standard InChI is InChI=1S/C14H23N3/c1-16(2)10-11-17-9-3-4-14(17)12-5-7-13(15)8-6-12/h5-8,14H,3-4,9-11,15H2,1-2H3. The van der Waals surface area contributed by atoms with Crippen molar-refractivity contribution in [1.29, 1.82) is 0 Å². The van der Waals surface area contributed by atoms with Crippen molar-refractivity contribution in [3.05, 3.63) is 29.8 Å². The van der Waals surface area contributed by atoms with Crippen LogP contribution in [0.3, 0.4) is 0 Å². The minimum Gasteiger partial charge on any atom is -0.399 e. The number of anilines is 1. The first-order chi connectivity index (χ1) is 8.16. The molecule has 1 aromatic rings. The maximum absolute atomic E-state index is 5.74. The van der Waals surface area contributed by atoms with Crippen molar-refractivity contribution in [2.45, 2.75) is 18.9 Å². The van der Waals surface area contributed by atoms with E-state index in [1.807, 2.05) is 12.1 Å². The molecule has 3 heteroatoms. The lowest BCUT2D eigenvalue weighted by Gasteiger charge is -2.26. The second-order valence-corrected chi connectivity index (χ2v) is 5.16. The van der Waals surface area contributed by atoms with E-state index in [0.29, 0.717) is 6.04 Å². The van der Waals surface area contributed by atoms with Crippen LogP contribution in [0.2, 0.25) is 0 Å². The van der Waals surface area contributed by atoms with Gasteiger partial charge in [0.05, 0.1) is 0 Å². The molecule has 1 aliphatic heterocycles. The average molecular weight is 233 g/mol. The SMILES string of the molecule is CN(C)CCN1CCCC1c1ccc(N)cc1. The maximum atomic E-state index is 5.74. The van der Waals surface area contributed by atoms with Gasteiger partial charge in [-0.1, -0.05) is 12.1 Å². The summed E-state index contributed by atoms with van der Waals surface area (Å²) in [4.78, 5) is 4.84. The zero-order chi connectivity index (χ0) is 12.3. The quantitative estimate of drug-likeness (QED) is 0.807. The Morgan fingerprint density at radius 1 is 1.29 bits per heavy atom. The Balaban J connectivity index is 2.01. The van der Waals surface area contributed by atoms with Crippen molar-refractivity contribution in [3.8, 4) is 0 Å². The van der Waals surface area contributed by atoms with E-state index in [1.54, 1.807) is 0 Å². The van der Waals surface area contributed by atoms with Crippen molar-refractivity contribution in [2.75, 3.05) is 39.5 Å². The predicted molar refractivity (Wildman–Crippen MR) is 73.0 cm³/mol. The molecule has 94 valence electrons. The summed E-state index contributed by atoms with van der Waals surface area (Å²) in [5.74, 6) is 0. The summed E-state index contributed by atoms with van der Waals surface area (Å²) in [7, 11) is 4.27. The van der Waals surface area contributed by atoms with Crippen LogP contribution in [0, 0.1) is 0 Å². The minimum absolute atomic E-state index is 0.593. The highest BCUT2D eigenvalue weighted by Crippen LogP contribution is 2.31. The van der Waals surface area contributed by atoms with Gasteiger partial charge in [-0.25, -0.2) is 0 Å². The third-order valence-corrected chi connectivity index (χ3v) is 3.52. The van der Waals surface area contributed by atoms with Crippen LogP contribution in [-0.2, 0) is 0 Å². The summed E-state index contributed by atoms with van der Waals surface area (Å²) in [6.07, 6.45) is 2.58. The fourth-order valence-corrected chi connectivity index (χ4v) is 2.52. The molecule has 0 bridgehead atoms. The van der Waals surface area contributed by atoms with Gasteiger partial charge in [0.1, 0.15) is 0 Å². The number of rotatable bonds is 4. The summed E-state index contributed by atoms with van der Waals surface area (Å²) in [5, 5.41) is 0. The van der Waals surface area contributed by atoms with E-state index in [4.69, 9.17) is 5.73 Å². The van der Waals surface area contributed by atoms with Crippen LogP contribution in [0.5, 0.6) is 0 Å². The Bertz CT molecular complexity index is 345. The van der Waals surface area contributed by atoms with Gasteiger partial charge in [0.2, 0.25) is 0 Å². The lowest BCUT2D eigenvalue weighted by molar-refractivity contribution is 0.227. The van der Waals surface area contributed by atoms with Crippen LogP contribution in [-0.4, -0.2) is 43.5 Å². The molecule has 2 N–H and O–H groups in total. The Labute approximate surface area is 104 Å². The van der Waals surface area contributed by atoms with Gasteiger partial charge >= 0.3 is 0 Å². The van der Waals surface area contributed by atoms with Crippen LogP contribution < -0.4 is 5.73 Å². The van der Waals surface area contributed by atoms with Crippen LogP contribution >= 0.6 is 0 Å². The van der Waals surface area contributed by atoms with E-state index in [-0.39, 0.29) is 0 Å². The Morgan fingerprint density at radius 2 is 2.00 bits per heavy atom. The van der Waals surface area contributed by atoms with E-state index in [9.17, 15) is 0 Å². The Morgan fingerprint density at radius 3 is 2.65 bits per heavy atom. The number of likely N-dealkylation sites (N-methyl/N-ethyl adjacent to an activating group) is 1. The lowest BCUT2D eigenvalue weighted by atomic mass is 10.0. The average Bonchev–Trinajstić information content (AvgIpc) is 2.75. The second-order valence-electron chi connectivity index (χ2n) is 5.16. The first-order valence-electron chi connectivity index (χ1n) is 6.41. The number of nitrogens with two attached hydrogens (primary N) is 1. The van der Waals surface area contributed by atoms with Crippen molar-refractivity contribution in [3.63, 3.8) is 0 Å². The van der Waals surface area contributed by atoms with Gasteiger partial charge in [-0.15, -0.1) is 0 Å².